The van der Waals surface area contributed by atoms with Gasteiger partial charge in [0.2, 0.25) is 0 Å². The molecule has 3 atom stereocenters. The Balaban J connectivity index is 0.000000340. The van der Waals surface area contributed by atoms with E-state index in [2.05, 4.69) is 17.9 Å². The molecular weight excluding hydrogens is 320 g/mol. The second-order valence-corrected chi connectivity index (χ2v) is 5.22. The number of aliphatic hydroxyl groups excluding tert-OH is 1. The second-order valence-electron chi connectivity index (χ2n) is 5.22. The Morgan fingerprint density at radius 1 is 1.29 bits per heavy atom. The fourth-order valence-electron chi connectivity index (χ4n) is 0.921. The fraction of sp³-hybridized carbons (Fsp3) is 0.625. The van der Waals surface area contributed by atoms with Crippen LogP contribution in [-0.4, -0.2) is 73.5 Å². The zero-order valence-electron chi connectivity index (χ0n) is 14.1. The normalized spacial score (nSPS) is 21.0. The summed E-state index contributed by atoms with van der Waals surface area (Å²) in [4.78, 5) is 19.9. The Hall–Kier alpha value is -1.74. The third-order valence-electron chi connectivity index (χ3n) is 2.41. The van der Waals surface area contributed by atoms with Crippen molar-refractivity contribution in [1.82, 2.24) is 0 Å². The third-order valence-corrected chi connectivity index (χ3v) is 2.41. The molecule has 0 aromatic rings. The maximum absolute atomic E-state index is 10.3. The molecule has 2 N–H and O–H groups in total. The molecule has 2 rings (SSSR count). The molecule has 0 saturated carbocycles. The molecule has 2 saturated heterocycles. The van der Waals surface area contributed by atoms with Crippen LogP contribution in [0.5, 0.6) is 0 Å². The summed E-state index contributed by atoms with van der Waals surface area (Å²) in [6, 6.07) is 0. The number of carboxylic acids is 1. The van der Waals surface area contributed by atoms with Gasteiger partial charge in [-0.05, 0) is 13.8 Å². The van der Waals surface area contributed by atoms with Gasteiger partial charge >= 0.3 is 11.9 Å². The van der Waals surface area contributed by atoms with E-state index in [0.717, 1.165) is 32.5 Å². The second kappa shape index (κ2) is 12.7. The van der Waals surface area contributed by atoms with Crippen molar-refractivity contribution in [3.05, 3.63) is 24.8 Å². The highest BCUT2D eigenvalue weighted by atomic mass is 16.6. The lowest BCUT2D eigenvalue weighted by Gasteiger charge is -2.02. The molecule has 8 nitrogen and oxygen atoms in total. The molecule has 0 bridgehead atoms. The van der Waals surface area contributed by atoms with Crippen LogP contribution in [0.3, 0.4) is 0 Å². The van der Waals surface area contributed by atoms with E-state index < -0.39 is 18.0 Å². The van der Waals surface area contributed by atoms with E-state index in [9.17, 15) is 9.59 Å². The van der Waals surface area contributed by atoms with Crippen molar-refractivity contribution in [2.24, 2.45) is 0 Å². The maximum Gasteiger partial charge on any atom is 0.330 e. The predicted octanol–water partition coefficient (Wildman–Crippen LogP) is 0.544. The van der Waals surface area contributed by atoms with Crippen LogP contribution in [-0.2, 0) is 28.5 Å². The Bertz CT molecular complexity index is 386. The first-order valence-electron chi connectivity index (χ1n) is 7.43. The van der Waals surface area contributed by atoms with E-state index in [-0.39, 0.29) is 12.2 Å². The molecule has 0 aromatic carbocycles. The molecule has 24 heavy (non-hydrogen) atoms. The minimum atomic E-state index is -0.935. The zero-order valence-corrected chi connectivity index (χ0v) is 14.1. The minimum absolute atomic E-state index is 0.0326. The quantitative estimate of drug-likeness (QED) is 0.371. The number of hydrogen-bond acceptors (Lipinski definition) is 7. The topological polar surface area (TPSA) is 118 Å². The van der Waals surface area contributed by atoms with Crippen molar-refractivity contribution in [2.45, 2.75) is 32.2 Å². The van der Waals surface area contributed by atoms with Gasteiger partial charge in [0.1, 0.15) is 18.8 Å². The van der Waals surface area contributed by atoms with Gasteiger partial charge in [0.25, 0.3) is 0 Å². The van der Waals surface area contributed by atoms with Gasteiger partial charge in [0, 0.05) is 11.6 Å². The van der Waals surface area contributed by atoms with Crippen LogP contribution < -0.4 is 0 Å². The predicted molar refractivity (Wildman–Crippen MR) is 85.6 cm³/mol. The van der Waals surface area contributed by atoms with Crippen LogP contribution in [0.2, 0.25) is 0 Å². The van der Waals surface area contributed by atoms with E-state index in [1.165, 1.54) is 13.8 Å². The summed E-state index contributed by atoms with van der Waals surface area (Å²) in [5.74, 6) is -1.44. The zero-order chi connectivity index (χ0) is 18.5. The van der Waals surface area contributed by atoms with Crippen LogP contribution in [0, 0.1) is 0 Å². The van der Waals surface area contributed by atoms with Crippen LogP contribution in [0.15, 0.2) is 24.8 Å². The first-order chi connectivity index (χ1) is 11.3. The summed E-state index contributed by atoms with van der Waals surface area (Å²) in [7, 11) is 0. The Kier molecular flexibility index (Phi) is 11.7. The number of aliphatic hydroxyl groups is 1. The van der Waals surface area contributed by atoms with Crippen molar-refractivity contribution in [3.8, 4) is 0 Å². The fourth-order valence-corrected chi connectivity index (χ4v) is 0.921. The van der Waals surface area contributed by atoms with Crippen LogP contribution >= 0.6 is 0 Å². The molecule has 8 heteroatoms. The highest BCUT2D eigenvalue weighted by Crippen LogP contribution is 2.12. The standard InChI is InChI=1S/2C6H10O3.C4H6O2/c1(5-3-8-5)7-2-6-4-9-6;1-3-6(8)9-4-5(2)7;1-3(2)4(5)6/h5-6H,1-4H2;3,5,7H,1,4H2,2H3;1H2,2H3,(H,5,6). The number of carbonyl (C=O) groups is 2. The average Bonchev–Trinajstić information content (AvgIpc) is 3.40. The van der Waals surface area contributed by atoms with Crippen molar-refractivity contribution in [3.63, 3.8) is 0 Å². The van der Waals surface area contributed by atoms with E-state index in [1.54, 1.807) is 0 Å². The van der Waals surface area contributed by atoms with E-state index in [0.29, 0.717) is 12.2 Å². The highest BCUT2D eigenvalue weighted by molar-refractivity contribution is 5.84. The summed E-state index contributed by atoms with van der Waals surface area (Å²) in [5.41, 5.74) is 0.176. The first-order valence-corrected chi connectivity index (χ1v) is 7.43. The molecule has 0 aliphatic carbocycles. The summed E-state index contributed by atoms with van der Waals surface area (Å²) in [5, 5.41) is 16.5. The van der Waals surface area contributed by atoms with Crippen LogP contribution in [0.25, 0.3) is 0 Å². The van der Waals surface area contributed by atoms with Gasteiger partial charge < -0.3 is 29.2 Å². The molecule has 2 fully saturated rings. The number of rotatable bonds is 8. The van der Waals surface area contributed by atoms with Gasteiger partial charge in [0.15, 0.2) is 0 Å². The van der Waals surface area contributed by atoms with Gasteiger partial charge in [0.05, 0.1) is 32.5 Å². The number of carbonyl (C=O) groups excluding carboxylic acids is 1. The third kappa shape index (κ3) is 16.6. The summed E-state index contributed by atoms with van der Waals surface area (Å²) < 4.78 is 19.6. The molecule has 0 spiro atoms. The van der Waals surface area contributed by atoms with Crippen LogP contribution in [0.4, 0.5) is 0 Å². The van der Waals surface area contributed by atoms with E-state index in [4.69, 9.17) is 24.4 Å². The number of esters is 1. The number of hydrogen-bond donors (Lipinski definition) is 2. The molecule has 2 aliphatic heterocycles. The molecule has 3 unspecified atom stereocenters. The monoisotopic (exact) mass is 346 g/mol. The lowest BCUT2D eigenvalue weighted by molar-refractivity contribution is -0.140. The van der Waals surface area contributed by atoms with Gasteiger partial charge in [-0.2, -0.15) is 0 Å². The summed E-state index contributed by atoms with van der Waals surface area (Å²) >= 11 is 0. The summed E-state index contributed by atoms with van der Waals surface area (Å²) in [6.45, 7) is 12.6. The van der Waals surface area contributed by atoms with Crippen molar-refractivity contribution < 1.29 is 38.7 Å². The first kappa shape index (κ1) is 22.3. The summed E-state index contributed by atoms with van der Waals surface area (Å²) in [6.07, 6.45) is 1.24. The molecule has 2 aliphatic rings. The average molecular weight is 346 g/mol. The Morgan fingerprint density at radius 2 is 1.71 bits per heavy atom. The SMILES string of the molecule is C(OCC1CO1)C1CO1.C=C(C)C(=O)O.C=CC(=O)OCC(C)O. The number of ether oxygens (including phenoxy) is 4. The smallest absolute Gasteiger partial charge is 0.330 e. The minimum Gasteiger partial charge on any atom is -0.478 e. The van der Waals surface area contributed by atoms with Crippen LogP contribution in [0.1, 0.15) is 13.8 Å². The lowest BCUT2D eigenvalue weighted by Crippen LogP contribution is -2.13. The van der Waals surface area contributed by atoms with Gasteiger partial charge in [-0.15, -0.1) is 0 Å². The van der Waals surface area contributed by atoms with Crippen molar-refractivity contribution >= 4 is 11.9 Å². The number of aliphatic carboxylic acids is 1. The molecule has 138 valence electrons. The van der Waals surface area contributed by atoms with Gasteiger partial charge in [-0.25, -0.2) is 9.59 Å². The van der Waals surface area contributed by atoms with Crippen molar-refractivity contribution in [1.29, 1.82) is 0 Å². The Morgan fingerprint density at radius 3 is 1.96 bits per heavy atom. The molecular formula is C16H26O8. The highest BCUT2D eigenvalue weighted by Gasteiger charge is 2.26. The largest absolute Gasteiger partial charge is 0.478 e. The molecule has 0 amide bonds. The lowest BCUT2D eigenvalue weighted by atomic mass is 10.4. The van der Waals surface area contributed by atoms with E-state index in [1.807, 2.05) is 0 Å². The van der Waals surface area contributed by atoms with Gasteiger partial charge in [-0.3, -0.25) is 0 Å². The van der Waals surface area contributed by atoms with Crippen molar-refractivity contribution in [2.75, 3.05) is 33.0 Å². The molecule has 0 aromatic heterocycles. The molecule has 0 radical (unpaired) electrons. The van der Waals surface area contributed by atoms with Gasteiger partial charge in [-0.1, -0.05) is 13.2 Å². The Labute approximate surface area is 141 Å². The molecule has 2 heterocycles. The van der Waals surface area contributed by atoms with E-state index >= 15 is 0 Å². The number of epoxide rings is 2. The maximum atomic E-state index is 10.3. The number of carboxylic acid groups (broad SMARTS) is 1.